The Kier molecular flexibility index (Phi) is 64.9. The van der Waals surface area contributed by atoms with Gasteiger partial charge in [-0.25, -0.2) is 0 Å². The molecule has 2 atom stereocenters. The van der Waals surface area contributed by atoms with Crippen molar-refractivity contribution < 1.29 is 24.5 Å². The van der Waals surface area contributed by atoms with Crippen LogP contribution in [0.25, 0.3) is 0 Å². The highest BCUT2D eigenvalue weighted by Crippen LogP contribution is 2.18. The normalized spacial score (nSPS) is 12.7. The molecule has 3 N–H and O–H groups in total. The van der Waals surface area contributed by atoms with Gasteiger partial charge in [-0.1, -0.05) is 320 Å². The Hall–Kier alpha value is -1.92. The van der Waals surface area contributed by atoms with Gasteiger partial charge in [0.2, 0.25) is 5.91 Å². The summed E-state index contributed by atoms with van der Waals surface area (Å²) in [6.45, 7) is 4.95. The van der Waals surface area contributed by atoms with Gasteiger partial charge >= 0.3 is 5.97 Å². The Morgan fingerprint density at radius 1 is 0.364 bits per heavy atom. The monoisotopic (exact) mass is 1080 g/mol. The molecule has 0 rings (SSSR count). The molecule has 0 aliphatic rings. The zero-order chi connectivity index (χ0) is 55.7. The first-order valence-electron chi connectivity index (χ1n) is 34.7. The van der Waals surface area contributed by atoms with Crippen molar-refractivity contribution >= 4 is 11.9 Å². The fraction of sp³-hybridized carbons (Fsp3) is 0.887. The van der Waals surface area contributed by atoms with E-state index in [0.29, 0.717) is 25.9 Å². The van der Waals surface area contributed by atoms with Gasteiger partial charge in [0.15, 0.2) is 0 Å². The van der Waals surface area contributed by atoms with Crippen LogP contribution < -0.4 is 5.32 Å². The number of rotatable bonds is 65. The average molecular weight is 1080 g/mol. The highest BCUT2D eigenvalue weighted by atomic mass is 16.5. The van der Waals surface area contributed by atoms with Crippen molar-refractivity contribution in [1.29, 1.82) is 0 Å². The van der Waals surface area contributed by atoms with Gasteiger partial charge in [0.1, 0.15) is 0 Å². The smallest absolute Gasteiger partial charge is 0.305 e. The first kappa shape index (κ1) is 75.1. The number of hydrogen-bond acceptors (Lipinski definition) is 5. The van der Waals surface area contributed by atoms with E-state index in [1.807, 2.05) is 0 Å². The maximum Gasteiger partial charge on any atom is 0.305 e. The molecule has 2 unspecified atom stereocenters. The van der Waals surface area contributed by atoms with E-state index in [1.165, 1.54) is 295 Å². The fourth-order valence-corrected chi connectivity index (χ4v) is 10.8. The number of aliphatic hydroxyl groups excluding tert-OH is 2. The number of esters is 1. The molecular weight excluding hydrogens is 947 g/mol. The number of unbranched alkanes of at least 4 members (excludes halogenated alkanes) is 48. The van der Waals surface area contributed by atoms with E-state index in [4.69, 9.17) is 4.74 Å². The molecule has 0 aromatic carbocycles. The molecule has 0 spiro atoms. The first-order valence-corrected chi connectivity index (χ1v) is 34.7. The molecule has 6 nitrogen and oxygen atoms in total. The molecule has 0 bridgehead atoms. The summed E-state index contributed by atoms with van der Waals surface area (Å²) in [5.74, 6) is -0.0224. The molecule has 1 amide bonds. The lowest BCUT2D eigenvalue weighted by molar-refractivity contribution is -0.143. The number of amides is 1. The van der Waals surface area contributed by atoms with Crippen LogP contribution in [0.2, 0.25) is 0 Å². The number of nitrogens with one attached hydrogen (secondary N) is 1. The number of aliphatic hydroxyl groups is 2. The second kappa shape index (κ2) is 66.6. The molecule has 77 heavy (non-hydrogen) atoms. The Morgan fingerprint density at radius 3 is 1.00 bits per heavy atom. The molecule has 0 aromatic heterocycles. The summed E-state index contributed by atoms with van der Waals surface area (Å²) >= 11 is 0. The average Bonchev–Trinajstić information content (AvgIpc) is 3.43. The summed E-state index contributed by atoms with van der Waals surface area (Å²) in [7, 11) is 0. The SMILES string of the molecule is CCCCCCCC/C=C\CCCCCCCCCC(=O)OCCCCCCCCCCC/C=C\C/C=C\CCCCCCCCCCCCCCCCCCCC(=O)NC(CO)C(O)CCCCCCCCCCCC. The first-order chi connectivity index (χ1) is 38.0. The molecular formula is C71H135NO5. The molecule has 0 fully saturated rings. The van der Waals surface area contributed by atoms with Crippen LogP contribution in [0.5, 0.6) is 0 Å². The summed E-state index contributed by atoms with van der Waals surface area (Å²) in [6, 6.07) is -0.538. The zero-order valence-electron chi connectivity index (χ0n) is 52.0. The largest absolute Gasteiger partial charge is 0.466 e. The second-order valence-corrected chi connectivity index (χ2v) is 23.9. The van der Waals surface area contributed by atoms with Gasteiger partial charge in [-0.05, 0) is 83.5 Å². The minimum absolute atomic E-state index is 0.0111. The van der Waals surface area contributed by atoms with Gasteiger partial charge in [-0.2, -0.15) is 0 Å². The summed E-state index contributed by atoms with van der Waals surface area (Å²) < 4.78 is 5.50. The molecule has 6 heteroatoms. The third kappa shape index (κ3) is 63.1. The van der Waals surface area contributed by atoms with E-state index in [0.717, 1.165) is 51.4 Å². The standard InChI is InChI=1S/C71H135NO5/c1-3-5-7-9-11-13-15-16-17-35-39-42-45-49-53-57-61-65-71(76)77-66-62-58-54-50-46-43-40-37-34-32-30-28-26-24-22-20-18-19-21-23-25-27-29-31-33-36-38-41-44-48-52-56-60-64-70(75)72-68(67-73)69(74)63-59-55-51-47-14-12-10-8-6-4-2/h16-17,22,24,28,30,68-69,73-74H,3-15,18-21,23,25-27,29,31-67H2,1-2H3,(H,72,75)/b17-16-,24-22-,30-28-. The summed E-state index contributed by atoms with van der Waals surface area (Å²) in [4.78, 5) is 24.5. The van der Waals surface area contributed by atoms with Crippen LogP contribution in [-0.4, -0.2) is 47.4 Å². The summed E-state index contributed by atoms with van der Waals surface area (Å²) in [5, 5.41) is 23.2. The minimum atomic E-state index is -0.661. The number of carbonyl (C=O) groups is 2. The van der Waals surface area contributed by atoms with E-state index in [2.05, 4.69) is 55.6 Å². The quantitative estimate of drug-likeness (QED) is 0.0320. The predicted molar refractivity (Wildman–Crippen MR) is 338 cm³/mol. The van der Waals surface area contributed by atoms with Crippen LogP contribution in [0.1, 0.15) is 380 Å². The van der Waals surface area contributed by atoms with Crippen LogP contribution in [-0.2, 0) is 14.3 Å². The Balaban J connectivity index is 3.35. The third-order valence-corrected chi connectivity index (χ3v) is 16.2. The van der Waals surface area contributed by atoms with E-state index < -0.39 is 12.1 Å². The molecule has 0 aliphatic heterocycles. The second-order valence-electron chi connectivity index (χ2n) is 23.9. The van der Waals surface area contributed by atoms with Crippen LogP contribution in [0.3, 0.4) is 0 Å². The number of hydrogen-bond donors (Lipinski definition) is 3. The van der Waals surface area contributed by atoms with Crippen molar-refractivity contribution in [2.45, 2.75) is 392 Å². The minimum Gasteiger partial charge on any atom is -0.466 e. The van der Waals surface area contributed by atoms with Crippen molar-refractivity contribution in [3.05, 3.63) is 36.5 Å². The van der Waals surface area contributed by atoms with Gasteiger partial charge in [-0.15, -0.1) is 0 Å². The number of ether oxygens (including phenoxy) is 1. The van der Waals surface area contributed by atoms with Crippen molar-refractivity contribution in [3.8, 4) is 0 Å². The third-order valence-electron chi connectivity index (χ3n) is 16.2. The maximum absolute atomic E-state index is 12.4. The van der Waals surface area contributed by atoms with Crippen molar-refractivity contribution in [2.75, 3.05) is 13.2 Å². The van der Waals surface area contributed by atoms with Gasteiger partial charge < -0.3 is 20.3 Å². The van der Waals surface area contributed by atoms with E-state index in [9.17, 15) is 19.8 Å². The molecule has 0 saturated heterocycles. The molecule has 0 saturated carbocycles. The molecule has 0 aliphatic carbocycles. The van der Waals surface area contributed by atoms with E-state index in [-0.39, 0.29) is 18.5 Å². The van der Waals surface area contributed by atoms with Crippen LogP contribution >= 0.6 is 0 Å². The Labute approximate surface area is 481 Å². The molecule has 454 valence electrons. The van der Waals surface area contributed by atoms with Crippen LogP contribution in [0, 0.1) is 0 Å². The predicted octanol–water partition coefficient (Wildman–Crippen LogP) is 22.3. The molecule has 0 aromatic rings. The highest BCUT2D eigenvalue weighted by Gasteiger charge is 2.20. The summed E-state index contributed by atoms with van der Waals surface area (Å²) in [6.07, 6.45) is 84.9. The van der Waals surface area contributed by atoms with Crippen LogP contribution in [0.15, 0.2) is 36.5 Å². The van der Waals surface area contributed by atoms with Gasteiger partial charge in [0, 0.05) is 12.8 Å². The van der Waals surface area contributed by atoms with Gasteiger partial charge in [0.25, 0.3) is 0 Å². The Bertz CT molecular complexity index is 1250. The summed E-state index contributed by atoms with van der Waals surface area (Å²) in [5.41, 5.74) is 0. The van der Waals surface area contributed by atoms with Gasteiger partial charge in [0.05, 0.1) is 25.4 Å². The van der Waals surface area contributed by atoms with E-state index >= 15 is 0 Å². The van der Waals surface area contributed by atoms with Crippen molar-refractivity contribution in [2.24, 2.45) is 0 Å². The molecule has 0 heterocycles. The lowest BCUT2D eigenvalue weighted by atomic mass is 10.0. The fourth-order valence-electron chi connectivity index (χ4n) is 10.8. The number of carbonyl (C=O) groups excluding carboxylic acids is 2. The maximum atomic E-state index is 12.4. The van der Waals surface area contributed by atoms with Crippen molar-refractivity contribution in [3.63, 3.8) is 0 Å². The van der Waals surface area contributed by atoms with E-state index in [1.54, 1.807) is 0 Å². The van der Waals surface area contributed by atoms with Gasteiger partial charge in [-0.3, -0.25) is 9.59 Å². The van der Waals surface area contributed by atoms with Crippen LogP contribution in [0.4, 0.5) is 0 Å². The lowest BCUT2D eigenvalue weighted by Gasteiger charge is -2.22. The lowest BCUT2D eigenvalue weighted by Crippen LogP contribution is -2.45. The van der Waals surface area contributed by atoms with Crippen molar-refractivity contribution in [1.82, 2.24) is 5.32 Å². The Morgan fingerprint density at radius 2 is 0.649 bits per heavy atom. The zero-order valence-corrected chi connectivity index (χ0v) is 52.0. The molecule has 0 radical (unpaired) electrons. The topological polar surface area (TPSA) is 95.9 Å². The number of allylic oxidation sites excluding steroid dienone is 6. The highest BCUT2D eigenvalue weighted by molar-refractivity contribution is 5.76.